The Kier molecular flexibility index (Phi) is 8.52. The SMILES string of the molecule is CCC(C)CSC(C)CC(C)(CO)NC(C)C. The molecule has 0 aliphatic heterocycles. The third kappa shape index (κ3) is 8.06. The molecule has 3 unspecified atom stereocenters. The van der Waals surface area contributed by atoms with Crippen molar-refractivity contribution in [3.8, 4) is 0 Å². The van der Waals surface area contributed by atoms with Crippen molar-refractivity contribution in [3.05, 3.63) is 0 Å². The Bertz CT molecular complexity index is 199. The maximum Gasteiger partial charge on any atom is 0.0611 e. The van der Waals surface area contributed by atoms with Crippen molar-refractivity contribution in [3.63, 3.8) is 0 Å². The van der Waals surface area contributed by atoms with Crippen molar-refractivity contribution >= 4 is 11.8 Å². The van der Waals surface area contributed by atoms with Crippen LogP contribution < -0.4 is 5.32 Å². The van der Waals surface area contributed by atoms with Crippen LogP contribution >= 0.6 is 11.8 Å². The molecule has 2 nitrogen and oxygen atoms in total. The normalized spacial score (nSPS) is 19.1. The summed E-state index contributed by atoms with van der Waals surface area (Å²) >= 11 is 2.03. The van der Waals surface area contributed by atoms with E-state index in [1.54, 1.807) is 0 Å². The number of hydrogen-bond acceptors (Lipinski definition) is 3. The summed E-state index contributed by atoms with van der Waals surface area (Å²) in [6.45, 7) is 13.4. The van der Waals surface area contributed by atoms with Crippen LogP contribution in [0.5, 0.6) is 0 Å². The fourth-order valence-corrected chi connectivity index (χ4v) is 3.38. The molecular formula is C14H31NOS. The highest BCUT2D eigenvalue weighted by molar-refractivity contribution is 7.99. The maximum atomic E-state index is 9.53. The summed E-state index contributed by atoms with van der Waals surface area (Å²) in [4.78, 5) is 0. The lowest BCUT2D eigenvalue weighted by Gasteiger charge is -2.33. The Hall–Kier alpha value is 0.270. The van der Waals surface area contributed by atoms with Crippen LogP contribution in [0.1, 0.15) is 54.4 Å². The molecule has 0 aromatic rings. The zero-order chi connectivity index (χ0) is 13.5. The van der Waals surface area contributed by atoms with Gasteiger partial charge in [-0.3, -0.25) is 0 Å². The van der Waals surface area contributed by atoms with E-state index in [-0.39, 0.29) is 12.1 Å². The Labute approximate surface area is 112 Å². The molecule has 0 rings (SSSR count). The van der Waals surface area contributed by atoms with Crippen LogP contribution in [0.4, 0.5) is 0 Å². The first-order valence-electron chi connectivity index (χ1n) is 6.83. The molecule has 0 spiro atoms. The second kappa shape index (κ2) is 8.39. The molecule has 0 saturated carbocycles. The summed E-state index contributed by atoms with van der Waals surface area (Å²) < 4.78 is 0. The first-order valence-corrected chi connectivity index (χ1v) is 7.88. The Morgan fingerprint density at radius 2 is 1.82 bits per heavy atom. The summed E-state index contributed by atoms with van der Waals surface area (Å²) in [6, 6.07) is 0.416. The van der Waals surface area contributed by atoms with Gasteiger partial charge in [0, 0.05) is 16.8 Å². The Morgan fingerprint density at radius 1 is 1.24 bits per heavy atom. The zero-order valence-electron chi connectivity index (χ0n) is 12.4. The molecule has 0 amide bonds. The van der Waals surface area contributed by atoms with E-state index >= 15 is 0 Å². The van der Waals surface area contributed by atoms with Crippen molar-refractivity contribution in [1.82, 2.24) is 5.32 Å². The molecule has 0 aromatic carbocycles. The van der Waals surface area contributed by atoms with E-state index in [9.17, 15) is 5.11 Å². The van der Waals surface area contributed by atoms with Crippen LogP contribution in [-0.2, 0) is 0 Å². The van der Waals surface area contributed by atoms with E-state index in [2.05, 4.69) is 46.9 Å². The van der Waals surface area contributed by atoms with E-state index in [0.717, 1.165) is 12.3 Å². The molecule has 0 aliphatic carbocycles. The quantitative estimate of drug-likeness (QED) is 0.668. The fraction of sp³-hybridized carbons (Fsp3) is 1.00. The van der Waals surface area contributed by atoms with Gasteiger partial charge in [0.15, 0.2) is 0 Å². The van der Waals surface area contributed by atoms with Gasteiger partial charge in [-0.05, 0) is 25.0 Å². The minimum Gasteiger partial charge on any atom is -0.394 e. The predicted octanol–water partition coefficient (Wildman–Crippen LogP) is 3.29. The summed E-state index contributed by atoms with van der Waals surface area (Å²) in [5.41, 5.74) is -0.143. The smallest absolute Gasteiger partial charge is 0.0611 e. The van der Waals surface area contributed by atoms with Gasteiger partial charge in [0.05, 0.1) is 6.61 Å². The number of hydrogen-bond donors (Lipinski definition) is 2. The van der Waals surface area contributed by atoms with Crippen LogP contribution in [0.2, 0.25) is 0 Å². The van der Waals surface area contributed by atoms with Gasteiger partial charge in [0.25, 0.3) is 0 Å². The molecule has 0 aromatic heterocycles. The fourth-order valence-electron chi connectivity index (χ4n) is 2.01. The van der Waals surface area contributed by atoms with Crippen LogP contribution in [0.3, 0.4) is 0 Å². The molecule has 3 heteroatoms. The van der Waals surface area contributed by atoms with Crippen LogP contribution in [0.15, 0.2) is 0 Å². The average molecular weight is 261 g/mol. The van der Waals surface area contributed by atoms with Gasteiger partial charge in [-0.2, -0.15) is 11.8 Å². The first-order chi connectivity index (χ1) is 7.83. The molecule has 0 aliphatic rings. The van der Waals surface area contributed by atoms with E-state index in [1.807, 2.05) is 11.8 Å². The predicted molar refractivity (Wildman–Crippen MR) is 79.8 cm³/mol. The standard InChI is InChI=1S/C14H31NOS/c1-7-12(4)9-17-13(5)8-14(6,10-16)15-11(2)3/h11-13,15-16H,7-10H2,1-6H3. The molecule has 104 valence electrons. The van der Waals surface area contributed by atoms with Gasteiger partial charge >= 0.3 is 0 Å². The van der Waals surface area contributed by atoms with Crippen molar-refractivity contribution in [2.45, 2.75) is 71.2 Å². The largest absolute Gasteiger partial charge is 0.394 e. The van der Waals surface area contributed by atoms with Gasteiger partial charge in [-0.25, -0.2) is 0 Å². The molecule has 0 fully saturated rings. The number of nitrogens with one attached hydrogen (secondary N) is 1. The van der Waals surface area contributed by atoms with Gasteiger partial charge in [-0.1, -0.05) is 41.0 Å². The van der Waals surface area contributed by atoms with Crippen LogP contribution in [0.25, 0.3) is 0 Å². The summed E-state index contributed by atoms with van der Waals surface area (Å²) in [6.07, 6.45) is 2.27. The second-order valence-corrected chi connectivity index (χ2v) is 7.35. The van der Waals surface area contributed by atoms with Crippen molar-refractivity contribution in [2.75, 3.05) is 12.4 Å². The van der Waals surface area contributed by atoms with Crippen molar-refractivity contribution in [1.29, 1.82) is 0 Å². The van der Waals surface area contributed by atoms with E-state index in [4.69, 9.17) is 0 Å². The first kappa shape index (κ1) is 17.3. The van der Waals surface area contributed by atoms with Gasteiger partial charge in [0.1, 0.15) is 0 Å². The molecule has 0 radical (unpaired) electrons. The van der Waals surface area contributed by atoms with Crippen molar-refractivity contribution < 1.29 is 5.11 Å². The number of aliphatic hydroxyl groups excluding tert-OH is 1. The highest BCUT2D eigenvalue weighted by atomic mass is 32.2. The molecule has 0 heterocycles. The topological polar surface area (TPSA) is 32.3 Å². The molecule has 17 heavy (non-hydrogen) atoms. The molecule has 0 saturated heterocycles. The molecule has 3 atom stereocenters. The zero-order valence-corrected chi connectivity index (χ0v) is 13.2. The molecule has 2 N–H and O–H groups in total. The number of rotatable bonds is 9. The third-order valence-electron chi connectivity index (χ3n) is 3.09. The molecule has 0 bridgehead atoms. The van der Waals surface area contributed by atoms with E-state index in [0.29, 0.717) is 11.3 Å². The summed E-state index contributed by atoms with van der Waals surface area (Å²) in [7, 11) is 0. The number of thioether (sulfide) groups is 1. The average Bonchev–Trinajstić information content (AvgIpc) is 2.24. The monoisotopic (exact) mass is 261 g/mol. The maximum absolute atomic E-state index is 9.53. The second-order valence-electron chi connectivity index (χ2n) is 5.88. The highest BCUT2D eigenvalue weighted by Crippen LogP contribution is 2.24. The Balaban J connectivity index is 4.09. The Morgan fingerprint density at radius 3 is 2.24 bits per heavy atom. The lowest BCUT2D eigenvalue weighted by Crippen LogP contribution is -2.50. The minimum absolute atomic E-state index is 0.143. The van der Waals surface area contributed by atoms with Gasteiger partial charge < -0.3 is 10.4 Å². The minimum atomic E-state index is -0.143. The third-order valence-corrected chi connectivity index (χ3v) is 4.58. The van der Waals surface area contributed by atoms with E-state index < -0.39 is 0 Å². The van der Waals surface area contributed by atoms with Gasteiger partial charge in [0.2, 0.25) is 0 Å². The van der Waals surface area contributed by atoms with Gasteiger partial charge in [-0.15, -0.1) is 0 Å². The van der Waals surface area contributed by atoms with E-state index in [1.165, 1.54) is 12.2 Å². The lowest BCUT2D eigenvalue weighted by molar-refractivity contribution is 0.157. The van der Waals surface area contributed by atoms with Crippen molar-refractivity contribution in [2.24, 2.45) is 5.92 Å². The highest BCUT2D eigenvalue weighted by Gasteiger charge is 2.26. The lowest BCUT2D eigenvalue weighted by atomic mass is 9.96. The summed E-state index contributed by atoms with van der Waals surface area (Å²) in [5, 5.41) is 13.6. The van der Waals surface area contributed by atoms with Crippen LogP contribution in [0, 0.1) is 5.92 Å². The van der Waals surface area contributed by atoms with Crippen LogP contribution in [-0.4, -0.2) is 34.3 Å². The number of aliphatic hydroxyl groups is 1. The molecular weight excluding hydrogens is 230 g/mol. The summed E-state index contributed by atoms with van der Waals surface area (Å²) in [5.74, 6) is 2.02.